The summed E-state index contributed by atoms with van der Waals surface area (Å²) in [7, 11) is 0. The minimum atomic E-state index is -1.40. The Morgan fingerprint density at radius 3 is 2.12 bits per heavy atom. The van der Waals surface area contributed by atoms with Crippen LogP contribution in [-0.2, 0) is 21.4 Å². The highest BCUT2D eigenvalue weighted by Gasteiger charge is 2.46. The lowest BCUT2D eigenvalue weighted by Crippen LogP contribution is -2.58. The third kappa shape index (κ3) is 8.54. The molecule has 2 atom stereocenters. The Morgan fingerprint density at radius 1 is 0.882 bits per heavy atom. The molecule has 2 amide bonds. The SMILES string of the molecule is CCC1CCC(c2ccc(-c3cnc(-c4ccc(C[C@@](I)(NC(=O)c5ccc(C(C)(C)C)s5)C(=O)N5CCC[C@H]5C(=O)O)cc4)nc3)cc2)CC1. The minimum absolute atomic E-state index is 0.116. The van der Waals surface area contributed by atoms with E-state index in [4.69, 9.17) is 0 Å². The number of alkyl halides is 1. The van der Waals surface area contributed by atoms with Crippen LogP contribution in [-0.4, -0.2) is 53.9 Å². The van der Waals surface area contributed by atoms with E-state index in [9.17, 15) is 19.5 Å². The van der Waals surface area contributed by atoms with Crippen molar-refractivity contribution in [3.63, 3.8) is 0 Å². The topological polar surface area (TPSA) is 112 Å². The highest BCUT2D eigenvalue weighted by Crippen LogP contribution is 2.38. The summed E-state index contributed by atoms with van der Waals surface area (Å²) in [6, 6.07) is 19.3. The number of carbonyl (C=O) groups is 3. The molecule has 3 heterocycles. The van der Waals surface area contributed by atoms with E-state index in [1.165, 1.54) is 53.9 Å². The van der Waals surface area contributed by atoms with Crippen molar-refractivity contribution < 1.29 is 19.5 Å². The van der Waals surface area contributed by atoms with E-state index in [1.807, 2.05) is 65.3 Å². The lowest BCUT2D eigenvalue weighted by molar-refractivity contribution is -0.149. The summed E-state index contributed by atoms with van der Waals surface area (Å²) in [5.41, 5.74) is 5.00. The molecule has 8 nitrogen and oxygen atoms in total. The molecular formula is C41H47IN4O4S. The molecule has 0 radical (unpaired) electrons. The molecule has 4 aromatic rings. The van der Waals surface area contributed by atoms with Crippen LogP contribution in [0.4, 0.5) is 0 Å². The first kappa shape index (κ1) is 37.1. The van der Waals surface area contributed by atoms with Gasteiger partial charge in [-0.15, -0.1) is 11.3 Å². The molecular weight excluding hydrogens is 771 g/mol. The number of aromatic nitrogens is 2. The molecule has 1 saturated carbocycles. The number of thiophene rings is 1. The lowest BCUT2D eigenvalue weighted by atomic mass is 9.78. The van der Waals surface area contributed by atoms with Gasteiger partial charge >= 0.3 is 5.97 Å². The van der Waals surface area contributed by atoms with E-state index in [-0.39, 0.29) is 17.7 Å². The average molecular weight is 819 g/mol. The molecule has 1 saturated heterocycles. The summed E-state index contributed by atoms with van der Waals surface area (Å²) >= 11 is 3.40. The monoisotopic (exact) mass is 818 g/mol. The molecule has 2 aromatic carbocycles. The smallest absolute Gasteiger partial charge is 0.326 e. The van der Waals surface area contributed by atoms with E-state index in [0.717, 1.165) is 33.0 Å². The molecule has 10 heteroatoms. The number of aliphatic carboxylic acids is 1. The van der Waals surface area contributed by atoms with Gasteiger partial charge in [-0.2, -0.15) is 0 Å². The molecule has 51 heavy (non-hydrogen) atoms. The molecule has 2 aromatic heterocycles. The van der Waals surface area contributed by atoms with Gasteiger partial charge in [0.05, 0.1) is 4.88 Å². The fourth-order valence-corrected chi connectivity index (χ4v) is 9.26. The minimum Gasteiger partial charge on any atom is -0.480 e. The second-order valence-corrected chi connectivity index (χ2v) is 18.0. The maximum Gasteiger partial charge on any atom is 0.326 e. The van der Waals surface area contributed by atoms with Crippen LogP contribution in [0.15, 0.2) is 73.1 Å². The summed E-state index contributed by atoms with van der Waals surface area (Å²) in [5, 5.41) is 12.8. The van der Waals surface area contributed by atoms with Gasteiger partial charge in [0.25, 0.3) is 11.8 Å². The summed E-state index contributed by atoms with van der Waals surface area (Å²) < 4.78 is -1.40. The van der Waals surface area contributed by atoms with E-state index in [0.29, 0.717) is 36.0 Å². The fraction of sp³-hybridized carbons (Fsp3) is 0.439. The number of likely N-dealkylation sites (tertiary alicyclic amines) is 1. The van der Waals surface area contributed by atoms with Crippen LogP contribution in [0.25, 0.3) is 22.5 Å². The van der Waals surface area contributed by atoms with E-state index in [1.54, 1.807) is 6.07 Å². The quantitative estimate of drug-likeness (QED) is 0.0939. The summed E-state index contributed by atoms with van der Waals surface area (Å²) in [6.45, 7) is 8.90. The van der Waals surface area contributed by atoms with Crippen molar-refractivity contribution in [2.75, 3.05) is 6.54 Å². The summed E-state index contributed by atoms with van der Waals surface area (Å²) in [6.07, 6.45) is 11.4. The maximum atomic E-state index is 14.1. The Kier molecular flexibility index (Phi) is 11.3. The van der Waals surface area contributed by atoms with Crippen LogP contribution in [0.5, 0.6) is 0 Å². The van der Waals surface area contributed by atoms with Gasteiger partial charge in [-0.25, -0.2) is 14.8 Å². The van der Waals surface area contributed by atoms with Gasteiger partial charge in [0.2, 0.25) is 0 Å². The van der Waals surface area contributed by atoms with E-state index < -0.39 is 21.5 Å². The Hall–Kier alpha value is -3.64. The Bertz CT molecular complexity index is 1840. The second kappa shape index (κ2) is 15.5. The fourth-order valence-electron chi connectivity index (χ4n) is 7.30. The van der Waals surface area contributed by atoms with Crippen molar-refractivity contribution in [1.82, 2.24) is 20.2 Å². The molecule has 268 valence electrons. The van der Waals surface area contributed by atoms with Gasteiger partial charge in [-0.05, 0) is 107 Å². The second-order valence-electron chi connectivity index (χ2n) is 15.1. The van der Waals surface area contributed by atoms with Gasteiger partial charge in [-0.3, -0.25) is 9.59 Å². The molecule has 6 rings (SSSR count). The molecule has 2 aliphatic rings. The number of benzene rings is 2. The Balaban J connectivity index is 1.17. The molecule has 0 unspecified atom stereocenters. The van der Waals surface area contributed by atoms with Crippen LogP contribution >= 0.6 is 33.9 Å². The van der Waals surface area contributed by atoms with Crippen LogP contribution in [0.2, 0.25) is 0 Å². The van der Waals surface area contributed by atoms with E-state index in [2.05, 4.69) is 67.2 Å². The number of halogens is 1. The number of carbonyl (C=O) groups excluding carboxylic acids is 2. The largest absolute Gasteiger partial charge is 0.480 e. The molecule has 0 spiro atoms. The number of carboxylic acid groups (broad SMARTS) is 1. The zero-order valence-corrected chi connectivity index (χ0v) is 32.8. The third-order valence-corrected chi connectivity index (χ3v) is 13.1. The molecule has 1 aliphatic heterocycles. The molecule has 2 N–H and O–H groups in total. The first-order valence-corrected chi connectivity index (χ1v) is 19.9. The van der Waals surface area contributed by atoms with Crippen molar-refractivity contribution in [2.24, 2.45) is 5.92 Å². The summed E-state index contributed by atoms with van der Waals surface area (Å²) in [5.74, 6) is 0.331. The van der Waals surface area contributed by atoms with Gasteiger partial charge < -0.3 is 15.3 Å². The highest BCUT2D eigenvalue weighted by atomic mass is 127. The normalized spacial score (nSPS) is 20.5. The van der Waals surface area contributed by atoms with Gasteiger partial charge in [0.1, 0.15) is 6.04 Å². The zero-order valence-electron chi connectivity index (χ0n) is 29.8. The van der Waals surface area contributed by atoms with E-state index >= 15 is 0 Å². The van der Waals surface area contributed by atoms with Crippen molar-refractivity contribution >= 4 is 51.7 Å². The first-order chi connectivity index (χ1) is 24.3. The number of rotatable bonds is 10. The molecule has 1 aliphatic carbocycles. The van der Waals surface area contributed by atoms with Crippen LogP contribution in [0, 0.1) is 5.92 Å². The van der Waals surface area contributed by atoms with Gasteiger partial charge in [-0.1, -0.05) is 82.6 Å². The van der Waals surface area contributed by atoms with Gasteiger partial charge in [0.15, 0.2) is 9.37 Å². The Labute approximate surface area is 318 Å². The predicted octanol–water partition coefficient (Wildman–Crippen LogP) is 9.03. The number of nitrogens with zero attached hydrogens (tertiary/aromatic N) is 3. The lowest BCUT2D eigenvalue weighted by Gasteiger charge is -2.33. The van der Waals surface area contributed by atoms with Crippen LogP contribution in [0.3, 0.4) is 0 Å². The third-order valence-electron chi connectivity index (χ3n) is 10.5. The standard InChI is InChI=1S/C41H47IN4O4S/c1-5-26-8-12-28(13-9-26)29-16-18-30(19-17-29)32-24-43-36(44-25-32)31-14-10-27(11-15-31)23-41(42,39(50)46-22-6-7-33(46)38(48)49)45-37(47)34-20-21-35(51-34)40(2,3)4/h10-11,14-21,24-26,28,33H,5-9,12-13,22-23H2,1-4H3,(H,45,47)(H,48,49)/t26?,28?,33-,41+/m0/s1. The molecule has 0 bridgehead atoms. The van der Waals surface area contributed by atoms with Crippen molar-refractivity contribution in [2.45, 2.75) is 100.0 Å². The first-order valence-electron chi connectivity index (χ1n) is 18.0. The number of hydrogen-bond acceptors (Lipinski definition) is 6. The van der Waals surface area contributed by atoms with Crippen LogP contribution < -0.4 is 5.32 Å². The van der Waals surface area contributed by atoms with Gasteiger partial charge in [0, 0.05) is 41.4 Å². The van der Waals surface area contributed by atoms with Crippen LogP contribution in [0.1, 0.15) is 104 Å². The number of carboxylic acids is 1. The average Bonchev–Trinajstić information content (AvgIpc) is 3.84. The number of nitrogens with one attached hydrogen (secondary N) is 1. The number of amides is 2. The maximum absolute atomic E-state index is 14.1. The zero-order chi connectivity index (χ0) is 36.3. The highest BCUT2D eigenvalue weighted by molar-refractivity contribution is 14.1. The van der Waals surface area contributed by atoms with Crippen molar-refractivity contribution in [3.05, 3.63) is 93.9 Å². The van der Waals surface area contributed by atoms with Crippen molar-refractivity contribution in [3.8, 4) is 22.5 Å². The summed E-state index contributed by atoms with van der Waals surface area (Å²) in [4.78, 5) is 52.0. The van der Waals surface area contributed by atoms with Crippen molar-refractivity contribution in [1.29, 1.82) is 0 Å². The Morgan fingerprint density at radius 2 is 1.53 bits per heavy atom. The number of hydrogen-bond donors (Lipinski definition) is 2. The predicted molar refractivity (Wildman–Crippen MR) is 211 cm³/mol. The molecule has 2 fully saturated rings.